The van der Waals surface area contributed by atoms with E-state index < -0.39 is 0 Å². The third-order valence-corrected chi connectivity index (χ3v) is 3.55. The van der Waals surface area contributed by atoms with Crippen LogP contribution in [-0.2, 0) is 9.47 Å². The average molecular weight is 254 g/mol. The second-order valence-electron chi connectivity index (χ2n) is 4.96. The van der Waals surface area contributed by atoms with Crippen molar-refractivity contribution in [2.24, 2.45) is 0 Å². The van der Waals surface area contributed by atoms with Crippen LogP contribution in [0.2, 0.25) is 0 Å². The lowest BCUT2D eigenvalue weighted by Gasteiger charge is -2.20. The molecule has 0 aromatic heterocycles. The van der Waals surface area contributed by atoms with E-state index in [1.165, 1.54) is 22.3 Å². The first kappa shape index (κ1) is 12.4. The highest BCUT2D eigenvalue weighted by Crippen LogP contribution is 2.45. The smallest absolute Gasteiger partial charge is 0.109 e. The molecule has 0 aliphatic heterocycles. The molecule has 2 aromatic carbocycles. The molecule has 2 aromatic rings. The molecule has 0 saturated carbocycles. The summed E-state index contributed by atoms with van der Waals surface area (Å²) in [6.07, 6.45) is 0.103. The van der Waals surface area contributed by atoms with Crippen LogP contribution in [0, 0.1) is 0 Å². The van der Waals surface area contributed by atoms with Gasteiger partial charge in [0.15, 0.2) is 0 Å². The van der Waals surface area contributed by atoms with Gasteiger partial charge in [-0.05, 0) is 29.2 Å². The van der Waals surface area contributed by atoms with Crippen molar-refractivity contribution in [1.29, 1.82) is 0 Å². The minimum Gasteiger partial charge on any atom is -0.382 e. The summed E-state index contributed by atoms with van der Waals surface area (Å²) in [5, 5.41) is 0. The van der Waals surface area contributed by atoms with Gasteiger partial charge in [0.05, 0.1) is 12.7 Å². The fourth-order valence-corrected chi connectivity index (χ4v) is 2.76. The van der Waals surface area contributed by atoms with Crippen LogP contribution in [0.25, 0.3) is 11.1 Å². The molecule has 0 N–H and O–H groups in total. The van der Waals surface area contributed by atoms with Gasteiger partial charge in [0.2, 0.25) is 0 Å². The Morgan fingerprint density at radius 3 is 2.00 bits per heavy atom. The summed E-state index contributed by atoms with van der Waals surface area (Å²) in [7, 11) is 1.70. The van der Waals surface area contributed by atoms with E-state index in [4.69, 9.17) is 9.47 Å². The molecular formula is C17H18O2. The highest BCUT2D eigenvalue weighted by molar-refractivity contribution is 5.78. The Labute approximate surface area is 114 Å². The fraction of sp³-hybridized carbons (Fsp3) is 0.294. The maximum Gasteiger partial charge on any atom is 0.109 e. The third-order valence-electron chi connectivity index (χ3n) is 3.55. The predicted molar refractivity (Wildman–Crippen MR) is 76.1 cm³/mol. The Morgan fingerprint density at radius 1 is 0.947 bits per heavy atom. The Morgan fingerprint density at radius 2 is 1.47 bits per heavy atom. The second kappa shape index (κ2) is 5.16. The molecule has 1 aliphatic rings. The molecule has 98 valence electrons. The largest absolute Gasteiger partial charge is 0.382 e. The topological polar surface area (TPSA) is 18.5 Å². The summed E-state index contributed by atoms with van der Waals surface area (Å²) in [6.45, 7) is 2.66. The normalized spacial score (nSPS) is 15.1. The van der Waals surface area contributed by atoms with Crippen LogP contribution in [0.15, 0.2) is 48.5 Å². The van der Waals surface area contributed by atoms with Crippen molar-refractivity contribution in [2.75, 3.05) is 13.7 Å². The van der Waals surface area contributed by atoms with E-state index in [9.17, 15) is 0 Å². The van der Waals surface area contributed by atoms with Crippen LogP contribution in [0.5, 0.6) is 0 Å². The molecule has 0 saturated heterocycles. The number of benzene rings is 2. The number of fused-ring (bicyclic) bond motifs is 3. The van der Waals surface area contributed by atoms with Crippen molar-refractivity contribution >= 4 is 0 Å². The van der Waals surface area contributed by atoms with Crippen LogP contribution in [0.1, 0.15) is 24.2 Å². The zero-order valence-electron chi connectivity index (χ0n) is 11.3. The van der Waals surface area contributed by atoms with Crippen LogP contribution in [0.4, 0.5) is 0 Å². The number of hydrogen-bond donors (Lipinski definition) is 0. The van der Waals surface area contributed by atoms with Crippen molar-refractivity contribution in [3.05, 3.63) is 59.7 Å². The number of rotatable bonds is 4. The predicted octanol–water partition coefficient (Wildman–Crippen LogP) is 3.81. The van der Waals surface area contributed by atoms with E-state index in [1.807, 2.05) is 6.92 Å². The van der Waals surface area contributed by atoms with Gasteiger partial charge in [-0.2, -0.15) is 0 Å². The molecule has 0 bridgehead atoms. The summed E-state index contributed by atoms with van der Waals surface area (Å²) in [5.74, 6) is 0. The van der Waals surface area contributed by atoms with Crippen LogP contribution in [-0.4, -0.2) is 19.8 Å². The molecule has 19 heavy (non-hydrogen) atoms. The number of hydrogen-bond acceptors (Lipinski definition) is 2. The minimum absolute atomic E-state index is 0.0255. The average Bonchev–Trinajstić information content (AvgIpc) is 2.75. The van der Waals surface area contributed by atoms with Gasteiger partial charge in [-0.25, -0.2) is 0 Å². The monoisotopic (exact) mass is 254 g/mol. The van der Waals surface area contributed by atoms with E-state index in [0.29, 0.717) is 6.61 Å². The summed E-state index contributed by atoms with van der Waals surface area (Å²) >= 11 is 0. The van der Waals surface area contributed by atoms with Gasteiger partial charge >= 0.3 is 0 Å². The summed E-state index contributed by atoms with van der Waals surface area (Å²) in [6, 6.07) is 16.9. The van der Waals surface area contributed by atoms with Crippen molar-refractivity contribution in [3.8, 4) is 11.1 Å². The fourth-order valence-electron chi connectivity index (χ4n) is 2.76. The van der Waals surface area contributed by atoms with Crippen molar-refractivity contribution in [2.45, 2.75) is 19.1 Å². The van der Waals surface area contributed by atoms with Crippen LogP contribution in [0.3, 0.4) is 0 Å². The second-order valence-corrected chi connectivity index (χ2v) is 4.96. The summed E-state index contributed by atoms with van der Waals surface area (Å²) in [5.41, 5.74) is 5.08. The molecule has 3 rings (SSSR count). The molecule has 1 atom stereocenters. The standard InChI is InChI=1S/C17H18O2/c1-12(11-18-2)19-17-15-9-5-3-7-13(15)14-8-4-6-10-16(14)17/h3-10,12,17H,11H2,1-2H3. The van der Waals surface area contributed by atoms with Gasteiger partial charge in [0.25, 0.3) is 0 Å². The van der Waals surface area contributed by atoms with Crippen LogP contribution >= 0.6 is 0 Å². The molecule has 0 fully saturated rings. The maximum atomic E-state index is 6.18. The van der Waals surface area contributed by atoms with Crippen molar-refractivity contribution < 1.29 is 9.47 Å². The van der Waals surface area contributed by atoms with Gasteiger partial charge in [0.1, 0.15) is 6.10 Å². The Bertz CT molecular complexity index is 531. The summed E-state index contributed by atoms with van der Waals surface area (Å²) in [4.78, 5) is 0. The Hall–Kier alpha value is -1.64. The van der Waals surface area contributed by atoms with Crippen molar-refractivity contribution in [1.82, 2.24) is 0 Å². The molecular weight excluding hydrogens is 236 g/mol. The molecule has 0 radical (unpaired) electrons. The Kier molecular flexibility index (Phi) is 3.36. The van der Waals surface area contributed by atoms with E-state index in [2.05, 4.69) is 48.5 Å². The Balaban J connectivity index is 2.00. The maximum absolute atomic E-state index is 6.18. The summed E-state index contributed by atoms with van der Waals surface area (Å²) < 4.78 is 11.3. The minimum atomic E-state index is 0.0255. The van der Waals surface area contributed by atoms with E-state index in [-0.39, 0.29) is 12.2 Å². The number of methoxy groups -OCH3 is 1. The lowest BCUT2D eigenvalue weighted by molar-refractivity contribution is -0.0219. The molecule has 0 heterocycles. The van der Waals surface area contributed by atoms with Gasteiger partial charge < -0.3 is 9.47 Å². The lowest BCUT2D eigenvalue weighted by atomic mass is 10.1. The highest BCUT2D eigenvalue weighted by Gasteiger charge is 2.29. The SMILES string of the molecule is COCC(C)OC1c2ccccc2-c2ccccc21. The van der Waals surface area contributed by atoms with Crippen molar-refractivity contribution in [3.63, 3.8) is 0 Å². The third kappa shape index (κ3) is 2.18. The highest BCUT2D eigenvalue weighted by atomic mass is 16.5. The first-order chi connectivity index (χ1) is 9.31. The molecule has 0 spiro atoms. The zero-order chi connectivity index (χ0) is 13.2. The van der Waals surface area contributed by atoms with E-state index in [1.54, 1.807) is 7.11 Å². The molecule has 1 unspecified atom stereocenters. The number of ether oxygens (including phenoxy) is 2. The molecule has 2 nitrogen and oxygen atoms in total. The van der Waals surface area contributed by atoms with Gasteiger partial charge in [-0.15, -0.1) is 0 Å². The molecule has 2 heteroatoms. The van der Waals surface area contributed by atoms with E-state index >= 15 is 0 Å². The van der Waals surface area contributed by atoms with E-state index in [0.717, 1.165) is 0 Å². The first-order valence-electron chi connectivity index (χ1n) is 6.64. The first-order valence-corrected chi connectivity index (χ1v) is 6.64. The zero-order valence-corrected chi connectivity index (χ0v) is 11.3. The van der Waals surface area contributed by atoms with Crippen LogP contribution < -0.4 is 0 Å². The lowest BCUT2D eigenvalue weighted by Crippen LogP contribution is -2.18. The molecule has 1 aliphatic carbocycles. The van der Waals surface area contributed by atoms with Gasteiger partial charge in [0, 0.05) is 7.11 Å². The van der Waals surface area contributed by atoms with Gasteiger partial charge in [-0.1, -0.05) is 48.5 Å². The van der Waals surface area contributed by atoms with Gasteiger partial charge in [-0.3, -0.25) is 0 Å². The molecule has 0 amide bonds. The quantitative estimate of drug-likeness (QED) is 0.826.